The molecule has 1 unspecified atom stereocenters. The minimum atomic E-state index is 0.288. The van der Waals surface area contributed by atoms with Gasteiger partial charge in [-0.3, -0.25) is 0 Å². The predicted octanol–water partition coefficient (Wildman–Crippen LogP) is 3.28. The van der Waals surface area contributed by atoms with Crippen molar-refractivity contribution in [1.29, 1.82) is 0 Å². The standard InChI is InChI=1S/C8H18S/c1-4-6-7-8(3,9)5-2/h9H,4-7H2,1-3H3. The molecule has 0 radical (unpaired) electrons. The third-order valence-electron chi connectivity index (χ3n) is 1.83. The van der Waals surface area contributed by atoms with Crippen molar-refractivity contribution >= 4 is 12.6 Å². The number of unbranched alkanes of at least 4 members (excludes halogenated alkanes) is 1. The van der Waals surface area contributed by atoms with Crippen LogP contribution in [0.4, 0.5) is 0 Å². The third kappa shape index (κ3) is 4.83. The maximum absolute atomic E-state index is 4.52. The van der Waals surface area contributed by atoms with Crippen molar-refractivity contribution in [2.45, 2.75) is 51.2 Å². The number of hydrogen-bond acceptors (Lipinski definition) is 1. The lowest BCUT2D eigenvalue weighted by molar-refractivity contribution is 0.542. The first-order valence-electron chi connectivity index (χ1n) is 3.84. The Kier molecular flexibility index (Phi) is 4.37. The van der Waals surface area contributed by atoms with Crippen LogP contribution in [0.1, 0.15) is 46.5 Å². The number of hydrogen-bond donors (Lipinski definition) is 1. The van der Waals surface area contributed by atoms with Crippen LogP contribution in [0, 0.1) is 0 Å². The summed E-state index contributed by atoms with van der Waals surface area (Å²) in [6, 6.07) is 0. The van der Waals surface area contributed by atoms with Gasteiger partial charge in [0.05, 0.1) is 0 Å². The Balaban J connectivity index is 3.33. The number of thiol groups is 1. The van der Waals surface area contributed by atoms with Gasteiger partial charge in [0.15, 0.2) is 0 Å². The monoisotopic (exact) mass is 146 g/mol. The van der Waals surface area contributed by atoms with E-state index in [0.29, 0.717) is 0 Å². The van der Waals surface area contributed by atoms with Gasteiger partial charge in [0.1, 0.15) is 0 Å². The molecule has 0 aromatic heterocycles. The fourth-order valence-corrected chi connectivity index (χ4v) is 0.893. The summed E-state index contributed by atoms with van der Waals surface area (Å²) in [7, 11) is 0. The molecule has 0 saturated heterocycles. The van der Waals surface area contributed by atoms with E-state index in [9.17, 15) is 0 Å². The van der Waals surface area contributed by atoms with Gasteiger partial charge in [0.2, 0.25) is 0 Å². The fourth-order valence-electron chi connectivity index (χ4n) is 0.734. The van der Waals surface area contributed by atoms with E-state index in [2.05, 4.69) is 33.4 Å². The number of rotatable bonds is 4. The van der Waals surface area contributed by atoms with Crippen molar-refractivity contribution in [2.24, 2.45) is 0 Å². The molecule has 0 aromatic rings. The van der Waals surface area contributed by atoms with Gasteiger partial charge < -0.3 is 0 Å². The Morgan fingerprint density at radius 1 is 1.33 bits per heavy atom. The summed E-state index contributed by atoms with van der Waals surface area (Å²) in [4.78, 5) is 0. The summed E-state index contributed by atoms with van der Waals surface area (Å²) < 4.78 is 0.288. The van der Waals surface area contributed by atoms with Crippen LogP contribution in [0.3, 0.4) is 0 Å². The largest absolute Gasteiger partial charge is 0.173 e. The van der Waals surface area contributed by atoms with E-state index >= 15 is 0 Å². The van der Waals surface area contributed by atoms with Crippen molar-refractivity contribution in [3.05, 3.63) is 0 Å². The summed E-state index contributed by atoms with van der Waals surface area (Å²) in [5.41, 5.74) is 0. The molecule has 0 heterocycles. The SMILES string of the molecule is CCCCC(C)(S)CC. The van der Waals surface area contributed by atoms with Gasteiger partial charge in [0, 0.05) is 4.75 Å². The van der Waals surface area contributed by atoms with Gasteiger partial charge in [-0.1, -0.05) is 33.6 Å². The summed E-state index contributed by atoms with van der Waals surface area (Å²) in [5.74, 6) is 0. The van der Waals surface area contributed by atoms with Crippen LogP contribution in [0.15, 0.2) is 0 Å². The molecule has 0 saturated carbocycles. The second-order valence-electron chi connectivity index (χ2n) is 2.95. The zero-order valence-electron chi connectivity index (χ0n) is 6.78. The van der Waals surface area contributed by atoms with Gasteiger partial charge >= 0.3 is 0 Å². The first-order valence-corrected chi connectivity index (χ1v) is 4.29. The molecule has 0 amide bonds. The van der Waals surface area contributed by atoms with E-state index in [1.807, 2.05) is 0 Å². The molecule has 0 rings (SSSR count). The van der Waals surface area contributed by atoms with E-state index in [4.69, 9.17) is 0 Å². The van der Waals surface area contributed by atoms with Gasteiger partial charge in [-0.05, 0) is 12.8 Å². The molecule has 0 bridgehead atoms. The zero-order valence-corrected chi connectivity index (χ0v) is 7.67. The van der Waals surface area contributed by atoms with Crippen LogP contribution in [-0.4, -0.2) is 4.75 Å². The van der Waals surface area contributed by atoms with E-state index in [-0.39, 0.29) is 4.75 Å². The maximum Gasteiger partial charge on any atom is 0.00987 e. The maximum atomic E-state index is 4.52. The molecule has 0 N–H and O–H groups in total. The van der Waals surface area contributed by atoms with E-state index in [1.165, 1.54) is 25.7 Å². The lowest BCUT2D eigenvalue weighted by atomic mass is 10.0. The first-order chi connectivity index (χ1) is 4.12. The molecule has 0 aliphatic carbocycles. The van der Waals surface area contributed by atoms with E-state index in [1.54, 1.807) is 0 Å². The quantitative estimate of drug-likeness (QED) is 0.578. The van der Waals surface area contributed by atoms with Crippen LogP contribution in [0.2, 0.25) is 0 Å². The molecule has 1 atom stereocenters. The van der Waals surface area contributed by atoms with E-state index < -0.39 is 0 Å². The van der Waals surface area contributed by atoms with Gasteiger partial charge in [0.25, 0.3) is 0 Å². The highest BCUT2D eigenvalue weighted by atomic mass is 32.1. The smallest absolute Gasteiger partial charge is 0.00987 e. The highest BCUT2D eigenvalue weighted by Crippen LogP contribution is 2.24. The Hall–Kier alpha value is 0.350. The van der Waals surface area contributed by atoms with E-state index in [0.717, 1.165) is 0 Å². The van der Waals surface area contributed by atoms with Crippen LogP contribution in [-0.2, 0) is 0 Å². The zero-order chi connectivity index (χ0) is 7.33. The molecule has 0 aromatic carbocycles. The molecule has 9 heavy (non-hydrogen) atoms. The topological polar surface area (TPSA) is 0 Å². The molecule has 0 aliphatic heterocycles. The Morgan fingerprint density at radius 2 is 1.89 bits per heavy atom. The van der Waals surface area contributed by atoms with Crippen molar-refractivity contribution in [1.82, 2.24) is 0 Å². The molecule has 0 fully saturated rings. The molecular formula is C8H18S. The lowest BCUT2D eigenvalue weighted by Crippen LogP contribution is -2.13. The second kappa shape index (κ2) is 4.21. The molecule has 0 aliphatic rings. The summed E-state index contributed by atoms with van der Waals surface area (Å²) in [6.45, 7) is 6.63. The minimum Gasteiger partial charge on any atom is -0.173 e. The highest BCUT2D eigenvalue weighted by molar-refractivity contribution is 7.81. The summed E-state index contributed by atoms with van der Waals surface area (Å²) in [5, 5.41) is 0. The molecule has 1 heteroatoms. The summed E-state index contributed by atoms with van der Waals surface area (Å²) in [6.07, 6.45) is 5.03. The Morgan fingerprint density at radius 3 is 2.22 bits per heavy atom. The average Bonchev–Trinajstić information content (AvgIpc) is 1.84. The van der Waals surface area contributed by atoms with Gasteiger partial charge in [-0.15, -0.1) is 0 Å². The minimum absolute atomic E-state index is 0.288. The predicted molar refractivity (Wildman–Crippen MR) is 47.2 cm³/mol. The third-order valence-corrected chi connectivity index (χ3v) is 2.37. The normalized spacial score (nSPS) is 17.3. The first kappa shape index (κ1) is 9.35. The lowest BCUT2D eigenvalue weighted by Gasteiger charge is -2.20. The molecule has 0 nitrogen and oxygen atoms in total. The highest BCUT2D eigenvalue weighted by Gasteiger charge is 2.13. The molecular weight excluding hydrogens is 128 g/mol. The van der Waals surface area contributed by atoms with Crippen molar-refractivity contribution in [3.63, 3.8) is 0 Å². The Bertz CT molecular complexity index is 67.0. The van der Waals surface area contributed by atoms with Crippen LogP contribution in [0.5, 0.6) is 0 Å². The van der Waals surface area contributed by atoms with Crippen molar-refractivity contribution < 1.29 is 0 Å². The summed E-state index contributed by atoms with van der Waals surface area (Å²) >= 11 is 4.52. The van der Waals surface area contributed by atoms with Gasteiger partial charge in [-0.2, -0.15) is 12.6 Å². The molecule has 0 spiro atoms. The van der Waals surface area contributed by atoms with Crippen LogP contribution >= 0.6 is 12.6 Å². The van der Waals surface area contributed by atoms with Crippen molar-refractivity contribution in [3.8, 4) is 0 Å². The van der Waals surface area contributed by atoms with Gasteiger partial charge in [-0.25, -0.2) is 0 Å². The van der Waals surface area contributed by atoms with Crippen molar-refractivity contribution in [2.75, 3.05) is 0 Å². The Labute approximate surface area is 64.4 Å². The molecule has 56 valence electrons. The van der Waals surface area contributed by atoms with Crippen LogP contribution < -0.4 is 0 Å². The second-order valence-corrected chi connectivity index (χ2v) is 4.03. The average molecular weight is 146 g/mol. The fraction of sp³-hybridized carbons (Fsp3) is 1.00. The van der Waals surface area contributed by atoms with Crippen LogP contribution in [0.25, 0.3) is 0 Å².